The molecule has 1 aliphatic carbocycles. The van der Waals surface area contributed by atoms with Crippen LogP contribution in [0, 0.1) is 0 Å². The van der Waals surface area contributed by atoms with Crippen molar-refractivity contribution in [3.63, 3.8) is 0 Å². The van der Waals surface area contributed by atoms with Gasteiger partial charge in [0, 0.05) is 6.42 Å². The normalized spacial score (nSPS) is 23.9. The minimum absolute atomic E-state index is 0.218. The maximum absolute atomic E-state index is 12.9. The lowest BCUT2D eigenvalue weighted by Gasteiger charge is -2.41. The zero-order valence-corrected chi connectivity index (χ0v) is 35.4. The molecule has 1 amide bonds. The number of unbranched alkanes of at least 4 members (excludes halogenated alkanes) is 25. The van der Waals surface area contributed by atoms with Crippen molar-refractivity contribution in [2.75, 3.05) is 6.61 Å². The number of aliphatic hydroxyl groups excluding tert-OH is 6. The third-order valence-electron chi connectivity index (χ3n) is 10.8. The molecule has 13 heteroatoms. The molecule has 0 bridgehead atoms. The number of carbonyl (C=O) groups is 1. The molecule has 0 aromatic heterocycles. The fraction of sp³-hybridized carbons (Fsp3) is 0.929. The maximum Gasteiger partial charge on any atom is 0.472 e. The molecule has 0 radical (unpaired) electrons. The van der Waals surface area contributed by atoms with Gasteiger partial charge in [-0.15, -0.1) is 0 Å². The van der Waals surface area contributed by atoms with E-state index in [1.807, 2.05) is 6.08 Å². The van der Waals surface area contributed by atoms with Gasteiger partial charge in [-0.2, -0.15) is 0 Å². The van der Waals surface area contributed by atoms with Crippen molar-refractivity contribution < 1.29 is 53.9 Å². The van der Waals surface area contributed by atoms with E-state index in [1.54, 1.807) is 0 Å². The zero-order valence-electron chi connectivity index (χ0n) is 34.5. The van der Waals surface area contributed by atoms with Crippen molar-refractivity contribution in [3.8, 4) is 0 Å². The van der Waals surface area contributed by atoms with Crippen LogP contribution in [0.3, 0.4) is 0 Å². The number of allylic oxidation sites excluding steroid dienone is 1. The average Bonchev–Trinajstić information content (AvgIpc) is 3.16. The molecule has 55 heavy (non-hydrogen) atoms. The quantitative estimate of drug-likeness (QED) is 0.0175. The largest absolute Gasteiger partial charge is 0.472 e. The van der Waals surface area contributed by atoms with Crippen LogP contribution in [0.2, 0.25) is 0 Å². The first-order chi connectivity index (χ1) is 26.4. The van der Waals surface area contributed by atoms with Crippen LogP contribution < -0.4 is 5.32 Å². The standard InChI is InChI=1S/C42H82NO11P/c1-3-5-7-9-11-13-15-17-18-20-22-24-26-28-30-32-36(45)43-34(35(44)31-29-27-25-23-21-19-16-14-12-10-8-6-4-2)33-53-55(51,52)54-42-40(49)38(47)37(46)39(48)41(42)50/h29,31,34-35,37-42,44,46-50H,3-28,30,32-33H2,1-2H3,(H,43,45)(H,51,52)/b31-29+/t34-,35+,37?,38+,39?,40?,41?,42?/m0/s1. The molecule has 0 spiro atoms. The first kappa shape index (κ1) is 52.1. The van der Waals surface area contributed by atoms with Crippen molar-refractivity contribution in [2.45, 2.75) is 242 Å². The minimum atomic E-state index is -5.07. The Labute approximate surface area is 333 Å². The average molecular weight is 808 g/mol. The van der Waals surface area contributed by atoms with Gasteiger partial charge < -0.3 is 40.8 Å². The summed E-state index contributed by atoms with van der Waals surface area (Å²) in [4.78, 5) is 23.3. The number of hydrogen-bond donors (Lipinski definition) is 8. The first-order valence-electron chi connectivity index (χ1n) is 22.1. The van der Waals surface area contributed by atoms with Gasteiger partial charge in [0.15, 0.2) is 0 Å². The molecule has 0 aromatic rings. The fourth-order valence-electron chi connectivity index (χ4n) is 7.14. The Morgan fingerprint density at radius 3 is 1.38 bits per heavy atom. The second-order valence-corrected chi connectivity index (χ2v) is 17.3. The second-order valence-electron chi connectivity index (χ2n) is 15.9. The maximum atomic E-state index is 12.9. The SMILES string of the molecule is CCCCCCCCCCCCC/C=C/[C@@H](O)[C@H](COP(=O)(O)OC1C(O)C(O)C(O)[C@@H](O)C1O)NC(=O)CCCCCCCCCCCCCCCCC. The van der Waals surface area contributed by atoms with Crippen molar-refractivity contribution in [2.24, 2.45) is 0 Å². The molecule has 8 N–H and O–H groups in total. The minimum Gasteiger partial charge on any atom is -0.387 e. The van der Waals surface area contributed by atoms with Crippen molar-refractivity contribution in [1.29, 1.82) is 0 Å². The van der Waals surface area contributed by atoms with Crippen LogP contribution in [0.15, 0.2) is 12.2 Å². The van der Waals surface area contributed by atoms with Gasteiger partial charge in [-0.3, -0.25) is 13.8 Å². The van der Waals surface area contributed by atoms with E-state index < -0.39 is 63.2 Å². The van der Waals surface area contributed by atoms with Gasteiger partial charge in [-0.05, 0) is 19.3 Å². The van der Waals surface area contributed by atoms with Crippen LogP contribution in [0.1, 0.15) is 194 Å². The van der Waals surface area contributed by atoms with E-state index in [9.17, 15) is 44.9 Å². The third kappa shape index (κ3) is 25.2. The predicted octanol–water partition coefficient (Wildman–Crippen LogP) is 7.67. The number of carbonyl (C=O) groups excluding carboxylic acids is 1. The molecule has 0 saturated heterocycles. The van der Waals surface area contributed by atoms with Crippen LogP contribution >= 0.6 is 7.82 Å². The van der Waals surface area contributed by atoms with Crippen molar-refractivity contribution in [1.82, 2.24) is 5.32 Å². The van der Waals surface area contributed by atoms with E-state index in [0.717, 1.165) is 44.9 Å². The van der Waals surface area contributed by atoms with Gasteiger partial charge in [-0.1, -0.05) is 180 Å². The summed E-state index contributed by atoms with van der Waals surface area (Å²) in [6.07, 6.45) is 22.8. The fourth-order valence-corrected chi connectivity index (χ4v) is 8.10. The molecule has 326 valence electrons. The molecule has 1 aliphatic rings. The van der Waals surface area contributed by atoms with Crippen LogP contribution in [0.4, 0.5) is 0 Å². The molecule has 12 nitrogen and oxygen atoms in total. The van der Waals surface area contributed by atoms with E-state index in [4.69, 9.17) is 9.05 Å². The smallest absolute Gasteiger partial charge is 0.387 e. The van der Waals surface area contributed by atoms with Gasteiger partial charge >= 0.3 is 7.82 Å². The van der Waals surface area contributed by atoms with Gasteiger partial charge in [-0.25, -0.2) is 4.57 Å². The number of amides is 1. The summed E-state index contributed by atoms with van der Waals surface area (Å²) in [5.74, 6) is -0.340. The Balaban J connectivity index is 2.52. The molecule has 1 saturated carbocycles. The molecule has 1 fully saturated rings. The highest BCUT2D eigenvalue weighted by atomic mass is 31.2. The van der Waals surface area contributed by atoms with Crippen molar-refractivity contribution in [3.05, 3.63) is 12.2 Å². The van der Waals surface area contributed by atoms with Crippen LogP contribution in [0.25, 0.3) is 0 Å². The number of nitrogens with one attached hydrogen (secondary N) is 1. The summed E-state index contributed by atoms with van der Waals surface area (Å²) >= 11 is 0. The monoisotopic (exact) mass is 808 g/mol. The van der Waals surface area contributed by atoms with Gasteiger partial charge in [0.05, 0.1) is 18.8 Å². The number of hydrogen-bond acceptors (Lipinski definition) is 10. The Morgan fingerprint density at radius 1 is 0.600 bits per heavy atom. The lowest BCUT2D eigenvalue weighted by molar-refractivity contribution is -0.220. The molecular formula is C42H82NO11P. The molecular weight excluding hydrogens is 725 g/mol. The zero-order chi connectivity index (χ0) is 40.7. The van der Waals surface area contributed by atoms with Gasteiger partial charge in [0.2, 0.25) is 5.91 Å². The van der Waals surface area contributed by atoms with E-state index in [2.05, 4.69) is 19.2 Å². The van der Waals surface area contributed by atoms with Crippen LogP contribution in [0.5, 0.6) is 0 Å². The highest BCUT2D eigenvalue weighted by molar-refractivity contribution is 7.47. The van der Waals surface area contributed by atoms with E-state index in [-0.39, 0.29) is 12.3 Å². The van der Waals surface area contributed by atoms with E-state index in [0.29, 0.717) is 6.42 Å². The number of aliphatic hydroxyl groups is 6. The van der Waals surface area contributed by atoms with Crippen LogP contribution in [-0.2, 0) is 18.4 Å². The topological polar surface area (TPSA) is 206 Å². The number of phosphoric acid groups is 1. The number of rotatable bonds is 36. The lowest BCUT2D eigenvalue weighted by atomic mass is 9.85. The molecule has 1 rings (SSSR count). The Bertz CT molecular complexity index is 989. The first-order valence-corrected chi connectivity index (χ1v) is 23.6. The summed E-state index contributed by atoms with van der Waals surface area (Å²) in [5, 5.41) is 63.8. The predicted molar refractivity (Wildman–Crippen MR) is 218 cm³/mol. The summed E-state index contributed by atoms with van der Waals surface area (Å²) in [6, 6.07) is -1.11. The van der Waals surface area contributed by atoms with Gasteiger partial charge in [0.1, 0.15) is 36.6 Å². The van der Waals surface area contributed by atoms with Crippen molar-refractivity contribution >= 4 is 13.7 Å². The van der Waals surface area contributed by atoms with E-state index >= 15 is 0 Å². The third-order valence-corrected chi connectivity index (χ3v) is 11.8. The summed E-state index contributed by atoms with van der Waals surface area (Å²) in [7, 11) is -5.07. The highest BCUT2D eigenvalue weighted by Gasteiger charge is 2.51. The lowest BCUT2D eigenvalue weighted by Crippen LogP contribution is -2.64. The molecule has 0 aliphatic heterocycles. The summed E-state index contributed by atoms with van der Waals surface area (Å²) < 4.78 is 22.9. The van der Waals surface area contributed by atoms with E-state index in [1.165, 1.54) is 128 Å². The molecule has 9 atom stereocenters. The summed E-state index contributed by atoms with van der Waals surface area (Å²) in [6.45, 7) is 3.83. The summed E-state index contributed by atoms with van der Waals surface area (Å²) in [5.41, 5.74) is 0. The Morgan fingerprint density at radius 2 is 0.964 bits per heavy atom. The van der Waals surface area contributed by atoms with Crippen LogP contribution in [-0.4, -0.2) is 96.8 Å². The molecule has 6 unspecified atom stereocenters. The highest BCUT2D eigenvalue weighted by Crippen LogP contribution is 2.47. The molecule has 0 heterocycles. The molecule has 0 aromatic carbocycles. The van der Waals surface area contributed by atoms with Gasteiger partial charge in [0.25, 0.3) is 0 Å². The number of phosphoric ester groups is 1. The Kier molecular flexibility index (Phi) is 31.2. The second kappa shape index (κ2) is 33.0. The Hall–Kier alpha value is -0.920.